The fraction of sp³-hybridized carbons (Fsp3) is 0.286. The van der Waals surface area contributed by atoms with Gasteiger partial charge in [0, 0.05) is 6.04 Å². The molecule has 0 spiro atoms. The van der Waals surface area contributed by atoms with Gasteiger partial charge in [-0.2, -0.15) is 0 Å². The fourth-order valence-corrected chi connectivity index (χ4v) is 2.02. The number of carboxylic acid groups (broad SMARTS) is 1. The number of carboxylic acids is 1. The number of hydrogen-bond acceptors (Lipinski definition) is 2. The monoisotopic (exact) mass is 260 g/mol. The zero-order chi connectivity index (χ0) is 13.8. The number of aryl methyl sites for hydroxylation is 1. The van der Waals surface area contributed by atoms with E-state index in [0.29, 0.717) is 5.69 Å². The number of hydrogen-bond donors (Lipinski definition) is 3. The van der Waals surface area contributed by atoms with Crippen molar-refractivity contribution in [1.29, 1.82) is 0 Å². The van der Waals surface area contributed by atoms with Gasteiger partial charge in [-0.15, -0.1) is 0 Å². The highest BCUT2D eigenvalue weighted by molar-refractivity contribution is 6.00. The van der Waals surface area contributed by atoms with E-state index in [1.165, 1.54) is 6.07 Å². The maximum atomic E-state index is 11.8. The van der Waals surface area contributed by atoms with Gasteiger partial charge in [-0.05, 0) is 31.9 Å². The average Bonchev–Trinajstić information content (AvgIpc) is 2.83. The number of nitrogens with one attached hydrogen (secondary N) is 2. The summed E-state index contributed by atoms with van der Waals surface area (Å²) in [6, 6.07) is 4.62. The van der Waals surface area contributed by atoms with Gasteiger partial charge in [-0.3, -0.25) is 0 Å². The Morgan fingerprint density at radius 1 is 1.26 bits per heavy atom. The molecule has 1 aliphatic rings. The van der Waals surface area contributed by atoms with Crippen LogP contribution < -0.4 is 10.6 Å². The number of amides is 2. The molecule has 0 aliphatic heterocycles. The first-order valence-corrected chi connectivity index (χ1v) is 6.12. The Balaban J connectivity index is 2.05. The van der Waals surface area contributed by atoms with E-state index in [1.807, 2.05) is 12.2 Å². The van der Waals surface area contributed by atoms with Crippen LogP contribution in [0.4, 0.5) is 10.5 Å². The zero-order valence-electron chi connectivity index (χ0n) is 10.6. The molecule has 0 saturated heterocycles. The third kappa shape index (κ3) is 3.34. The molecule has 19 heavy (non-hydrogen) atoms. The van der Waals surface area contributed by atoms with Crippen LogP contribution in [0.3, 0.4) is 0 Å². The molecule has 0 radical (unpaired) electrons. The van der Waals surface area contributed by atoms with E-state index in [9.17, 15) is 9.59 Å². The summed E-state index contributed by atoms with van der Waals surface area (Å²) in [7, 11) is 0. The van der Waals surface area contributed by atoms with Gasteiger partial charge in [-0.25, -0.2) is 9.59 Å². The maximum absolute atomic E-state index is 11.8. The summed E-state index contributed by atoms with van der Waals surface area (Å²) < 4.78 is 0. The largest absolute Gasteiger partial charge is 0.478 e. The third-order valence-corrected chi connectivity index (χ3v) is 3.00. The second-order valence-corrected chi connectivity index (χ2v) is 4.59. The van der Waals surface area contributed by atoms with E-state index < -0.39 is 5.97 Å². The van der Waals surface area contributed by atoms with Crippen molar-refractivity contribution in [2.75, 3.05) is 5.32 Å². The lowest BCUT2D eigenvalue weighted by Crippen LogP contribution is -2.36. The van der Waals surface area contributed by atoms with Gasteiger partial charge in [0.05, 0.1) is 11.3 Å². The van der Waals surface area contributed by atoms with Crippen LogP contribution in [0.5, 0.6) is 0 Å². The number of carbonyl (C=O) groups excluding carboxylic acids is 1. The molecule has 2 amide bonds. The fourth-order valence-electron chi connectivity index (χ4n) is 2.02. The van der Waals surface area contributed by atoms with Gasteiger partial charge in [0.25, 0.3) is 0 Å². The quantitative estimate of drug-likeness (QED) is 0.731. The number of aromatic carboxylic acids is 1. The number of anilines is 1. The molecular weight excluding hydrogens is 244 g/mol. The molecule has 0 atom stereocenters. The molecule has 1 aliphatic carbocycles. The third-order valence-electron chi connectivity index (χ3n) is 3.00. The van der Waals surface area contributed by atoms with Gasteiger partial charge < -0.3 is 15.7 Å². The highest BCUT2D eigenvalue weighted by Gasteiger charge is 2.16. The first-order valence-electron chi connectivity index (χ1n) is 6.12. The Morgan fingerprint density at radius 3 is 2.58 bits per heavy atom. The lowest BCUT2D eigenvalue weighted by atomic mass is 10.1. The van der Waals surface area contributed by atoms with Crippen LogP contribution in [0.2, 0.25) is 0 Å². The van der Waals surface area contributed by atoms with Crippen LogP contribution in [0, 0.1) is 6.92 Å². The van der Waals surface area contributed by atoms with Crippen LogP contribution in [-0.4, -0.2) is 23.1 Å². The summed E-state index contributed by atoms with van der Waals surface area (Å²) in [5.41, 5.74) is 1.24. The Hall–Kier alpha value is -2.30. The summed E-state index contributed by atoms with van der Waals surface area (Å²) >= 11 is 0. The van der Waals surface area contributed by atoms with E-state index in [0.717, 1.165) is 18.4 Å². The average molecular weight is 260 g/mol. The van der Waals surface area contributed by atoms with Gasteiger partial charge >= 0.3 is 12.0 Å². The molecule has 0 heterocycles. The van der Waals surface area contributed by atoms with Gasteiger partial charge in [0.15, 0.2) is 0 Å². The summed E-state index contributed by atoms with van der Waals surface area (Å²) in [5.74, 6) is -1.05. The predicted octanol–water partition coefficient (Wildman–Crippen LogP) is 2.53. The first kappa shape index (κ1) is 13.1. The van der Waals surface area contributed by atoms with Crippen molar-refractivity contribution in [3.63, 3.8) is 0 Å². The van der Waals surface area contributed by atoms with Gasteiger partial charge in [0.1, 0.15) is 0 Å². The lowest BCUT2D eigenvalue weighted by molar-refractivity contribution is 0.0698. The van der Waals surface area contributed by atoms with Crippen molar-refractivity contribution >= 4 is 17.7 Å². The van der Waals surface area contributed by atoms with Gasteiger partial charge in [0.2, 0.25) is 0 Å². The van der Waals surface area contributed by atoms with Crippen molar-refractivity contribution in [2.45, 2.75) is 25.8 Å². The van der Waals surface area contributed by atoms with Crippen LogP contribution in [0.15, 0.2) is 30.4 Å². The molecule has 0 bridgehead atoms. The summed E-state index contributed by atoms with van der Waals surface area (Å²) in [6.45, 7) is 1.81. The van der Waals surface area contributed by atoms with E-state index in [-0.39, 0.29) is 17.6 Å². The van der Waals surface area contributed by atoms with Crippen molar-refractivity contribution < 1.29 is 14.7 Å². The molecule has 0 fully saturated rings. The van der Waals surface area contributed by atoms with Crippen molar-refractivity contribution in [2.24, 2.45) is 0 Å². The Labute approximate surface area is 111 Å². The molecule has 100 valence electrons. The minimum absolute atomic E-state index is 0.0960. The lowest BCUT2D eigenvalue weighted by Gasteiger charge is -2.14. The summed E-state index contributed by atoms with van der Waals surface area (Å²) in [4.78, 5) is 22.9. The Kier molecular flexibility index (Phi) is 3.85. The van der Waals surface area contributed by atoms with E-state index >= 15 is 0 Å². The molecule has 5 nitrogen and oxygen atoms in total. The molecule has 0 saturated carbocycles. The highest BCUT2D eigenvalue weighted by Crippen LogP contribution is 2.17. The summed E-state index contributed by atoms with van der Waals surface area (Å²) in [6.07, 6.45) is 5.65. The zero-order valence-corrected chi connectivity index (χ0v) is 10.6. The standard InChI is InChI=1S/C14H16N2O3/c1-9-6-7-12(11(8-9)13(17)18)16-14(19)15-10-4-2-3-5-10/h2-3,6-8,10H,4-5H2,1H3,(H,17,18)(H2,15,16,19). The molecule has 1 aromatic rings. The van der Waals surface area contributed by atoms with E-state index in [2.05, 4.69) is 10.6 Å². The molecular formula is C14H16N2O3. The second kappa shape index (κ2) is 5.56. The molecule has 1 aromatic carbocycles. The molecule has 3 N–H and O–H groups in total. The van der Waals surface area contributed by atoms with Crippen molar-refractivity contribution in [1.82, 2.24) is 5.32 Å². The minimum Gasteiger partial charge on any atom is -0.478 e. The topological polar surface area (TPSA) is 78.4 Å². The van der Waals surface area contributed by atoms with E-state index in [1.54, 1.807) is 19.1 Å². The smallest absolute Gasteiger partial charge is 0.337 e. The van der Waals surface area contributed by atoms with Crippen molar-refractivity contribution in [3.8, 4) is 0 Å². The van der Waals surface area contributed by atoms with Crippen LogP contribution in [0.1, 0.15) is 28.8 Å². The van der Waals surface area contributed by atoms with E-state index in [4.69, 9.17) is 5.11 Å². The predicted molar refractivity (Wildman–Crippen MR) is 72.5 cm³/mol. The van der Waals surface area contributed by atoms with Crippen LogP contribution >= 0.6 is 0 Å². The van der Waals surface area contributed by atoms with Crippen LogP contribution in [0.25, 0.3) is 0 Å². The maximum Gasteiger partial charge on any atom is 0.337 e. The molecule has 0 unspecified atom stereocenters. The highest BCUT2D eigenvalue weighted by atomic mass is 16.4. The first-order chi connectivity index (χ1) is 9.06. The molecule has 2 rings (SSSR count). The number of carbonyl (C=O) groups is 2. The molecule has 5 heteroatoms. The van der Waals surface area contributed by atoms with Crippen molar-refractivity contribution in [3.05, 3.63) is 41.5 Å². The second-order valence-electron chi connectivity index (χ2n) is 4.59. The number of rotatable bonds is 3. The SMILES string of the molecule is Cc1ccc(NC(=O)NC2CC=CC2)c(C(=O)O)c1. The number of urea groups is 1. The summed E-state index contributed by atoms with van der Waals surface area (Å²) in [5, 5.41) is 14.5. The normalized spacial score (nSPS) is 14.4. The molecule has 0 aromatic heterocycles. The minimum atomic E-state index is -1.05. The Bertz CT molecular complexity index is 529. The number of benzene rings is 1. The van der Waals surface area contributed by atoms with Gasteiger partial charge in [-0.1, -0.05) is 23.8 Å². The Morgan fingerprint density at radius 2 is 1.95 bits per heavy atom. The van der Waals surface area contributed by atoms with Crippen LogP contribution in [-0.2, 0) is 0 Å².